The molecule has 1 aliphatic heterocycles. The van der Waals surface area contributed by atoms with E-state index in [1.165, 1.54) is 0 Å². The molecule has 0 unspecified atom stereocenters. The summed E-state index contributed by atoms with van der Waals surface area (Å²) in [4.78, 5) is 1.88. The summed E-state index contributed by atoms with van der Waals surface area (Å²) in [6.45, 7) is 3.76. The predicted octanol–water partition coefficient (Wildman–Crippen LogP) is 0.802. The Bertz CT molecular complexity index is 189. The number of nitrogens with zero attached hydrogens (tertiary/aromatic N) is 1. The van der Waals surface area contributed by atoms with Crippen molar-refractivity contribution in [2.45, 2.75) is 0 Å². The SMILES string of the molecule is C=C1C(N)=CC=CN1C. The van der Waals surface area contributed by atoms with E-state index >= 15 is 0 Å². The quantitative estimate of drug-likeness (QED) is 0.515. The van der Waals surface area contributed by atoms with Gasteiger partial charge < -0.3 is 10.6 Å². The molecular weight excluding hydrogens is 112 g/mol. The third kappa shape index (κ3) is 0.964. The molecule has 9 heavy (non-hydrogen) atoms. The number of hydrogen-bond acceptors (Lipinski definition) is 2. The van der Waals surface area contributed by atoms with Crippen molar-refractivity contribution in [3.63, 3.8) is 0 Å². The van der Waals surface area contributed by atoms with Crippen LogP contribution >= 0.6 is 0 Å². The summed E-state index contributed by atoms with van der Waals surface area (Å²) in [5.74, 6) is 0. The largest absolute Gasteiger partial charge is 0.397 e. The number of nitrogens with two attached hydrogens (primary N) is 1. The van der Waals surface area contributed by atoms with E-state index in [4.69, 9.17) is 5.73 Å². The van der Waals surface area contributed by atoms with Gasteiger partial charge in [-0.2, -0.15) is 0 Å². The molecule has 1 heterocycles. The molecule has 0 aliphatic carbocycles. The van der Waals surface area contributed by atoms with Gasteiger partial charge in [0.15, 0.2) is 0 Å². The van der Waals surface area contributed by atoms with E-state index in [0.717, 1.165) is 11.4 Å². The van der Waals surface area contributed by atoms with E-state index in [1.54, 1.807) is 0 Å². The summed E-state index contributed by atoms with van der Waals surface area (Å²) in [5, 5.41) is 0. The van der Waals surface area contributed by atoms with Gasteiger partial charge >= 0.3 is 0 Å². The predicted molar refractivity (Wildman–Crippen MR) is 38.3 cm³/mol. The average Bonchev–Trinajstić information content (AvgIpc) is 1.83. The summed E-state index contributed by atoms with van der Waals surface area (Å²) in [6.07, 6.45) is 5.64. The van der Waals surface area contributed by atoms with Crippen molar-refractivity contribution in [2.75, 3.05) is 7.05 Å². The molecule has 0 aromatic carbocycles. The molecule has 0 bridgehead atoms. The highest BCUT2D eigenvalue weighted by Crippen LogP contribution is 2.10. The van der Waals surface area contributed by atoms with E-state index in [2.05, 4.69) is 6.58 Å². The topological polar surface area (TPSA) is 29.3 Å². The average molecular weight is 122 g/mol. The fraction of sp³-hybridized carbons (Fsp3) is 0.143. The van der Waals surface area contributed by atoms with Crippen LogP contribution < -0.4 is 5.73 Å². The number of likely N-dealkylation sites (N-methyl/N-ethyl adjacent to an activating group) is 1. The molecule has 2 heteroatoms. The van der Waals surface area contributed by atoms with Gasteiger partial charge in [0.05, 0.1) is 11.4 Å². The van der Waals surface area contributed by atoms with Crippen molar-refractivity contribution in [2.24, 2.45) is 5.73 Å². The first-order valence-corrected chi connectivity index (χ1v) is 2.78. The van der Waals surface area contributed by atoms with Crippen LogP contribution in [0.5, 0.6) is 0 Å². The first kappa shape index (κ1) is 5.95. The maximum Gasteiger partial charge on any atom is 0.0564 e. The minimum atomic E-state index is 0.736. The molecule has 0 radical (unpaired) electrons. The molecule has 0 atom stereocenters. The first-order chi connectivity index (χ1) is 4.22. The molecule has 2 N–H and O–H groups in total. The lowest BCUT2D eigenvalue weighted by Crippen LogP contribution is -2.17. The van der Waals surface area contributed by atoms with Gasteiger partial charge in [-0.3, -0.25) is 0 Å². The summed E-state index contributed by atoms with van der Waals surface area (Å²) in [5.41, 5.74) is 7.13. The van der Waals surface area contributed by atoms with Crippen molar-refractivity contribution >= 4 is 0 Å². The van der Waals surface area contributed by atoms with E-state index in [1.807, 2.05) is 30.3 Å². The molecular formula is C7H10N2. The van der Waals surface area contributed by atoms with Crippen LogP contribution in [0.15, 0.2) is 36.3 Å². The van der Waals surface area contributed by atoms with Crippen LogP contribution in [0.1, 0.15) is 0 Å². The second-order valence-electron chi connectivity index (χ2n) is 2.02. The lowest BCUT2D eigenvalue weighted by molar-refractivity contribution is 0.574. The molecule has 0 amide bonds. The molecule has 0 saturated heterocycles. The first-order valence-electron chi connectivity index (χ1n) is 2.78. The minimum absolute atomic E-state index is 0.736. The Balaban J connectivity index is 2.86. The summed E-state index contributed by atoms with van der Waals surface area (Å²) < 4.78 is 0. The third-order valence-electron chi connectivity index (χ3n) is 1.34. The Morgan fingerprint density at radius 1 is 1.67 bits per heavy atom. The van der Waals surface area contributed by atoms with E-state index in [-0.39, 0.29) is 0 Å². The van der Waals surface area contributed by atoms with Gasteiger partial charge in [-0.15, -0.1) is 0 Å². The maximum absolute atomic E-state index is 5.54. The van der Waals surface area contributed by atoms with Gasteiger partial charge in [0.25, 0.3) is 0 Å². The third-order valence-corrected chi connectivity index (χ3v) is 1.34. The molecule has 0 fully saturated rings. The van der Waals surface area contributed by atoms with Crippen LogP contribution in [-0.4, -0.2) is 11.9 Å². The van der Waals surface area contributed by atoms with Crippen LogP contribution in [0.2, 0.25) is 0 Å². The highest BCUT2D eigenvalue weighted by Gasteiger charge is 2.02. The second-order valence-corrected chi connectivity index (χ2v) is 2.02. The standard InChI is InChI=1S/C7H10N2/c1-6-7(8)4-3-5-9(6)2/h3-5H,1,8H2,2H3. The lowest BCUT2D eigenvalue weighted by Gasteiger charge is -2.19. The van der Waals surface area contributed by atoms with Crippen LogP contribution in [0.4, 0.5) is 0 Å². The fourth-order valence-electron chi connectivity index (χ4n) is 0.666. The van der Waals surface area contributed by atoms with Gasteiger partial charge in [0.2, 0.25) is 0 Å². The van der Waals surface area contributed by atoms with Gasteiger partial charge in [-0.25, -0.2) is 0 Å². The fourth-order valence-corrected chi connectivity index (χ4v) is 0.666. The molecule has 0 saturated carbocycles. The number of rotatable bonds is 0. The highest BCUT2D eigenvalue weighted by molar-refractivity contribution is 5.32. The van der Waals surface area contributed by atoms with Crippen molar-refractivity contribution in [3.8, 4) is 0 Å². The Labute approximate surface area is 55.0 Å². The Kier molecular flexibility index (Phi) is 1.30. The van der Waals surface area contributed by atoms with E-state index in [9.17, 15) is 0 Å². The summed E-state index contributed by atoms with van der Waals surface area (Å²) in [6, 6.07) is 0. The zero-order valence-electron chi connectivity index (χ0n) is 5.46. The smallest absolute Gasteiger partial charge is 0.0564 e. The van der Waals surface area contributed by atoms with Crippen LogP contribution in [0.3, 0.4) is 0 Å². The van der Waals surface area contributed by atoms with E-state index in [0.29, 0.717) is 0 Å². The molecule has 48 valence electrons. The van der Waals surface area contributed by atoms with Gasteiger partial charge in [-0.1, -0.05) is 6.58 Å². The Morgan fingerprint density at radius 2 is 2.33 bits per heavy atom. The van der Waals surface area contributed by atoms with Crippen molar-refractivity contribution in [1.82, 2.24) is 4.90 Å². The zero-order valence-corrected chi connectivity index (χ0v) is 5.46. The number of allylic oxidation sites excluding steroid dienone is 2. The van der Waals surface area contributed by atoms with Gasteiger partial charge in [0.1, 0.15) is 0 Å². The van der Waals surface area contributed by atoms with Crippen molar-refractivity contribution in [1.29, 1.82) is 0 Å². The normalized spacial score (nSPS) is 18.1. The molecule has 0 aromatic heterocycles. The molecule has 2 nitrogen and oxygen atoms in total. The maximum atomic E-state index is 5.54. The van der Waals surface area contributed by atoms with Crippen molar-refractivity contribution < 1.29 is 0 Å². The van der Waals surface area contributed by atoms with Gasteiger partial charge in [-0.05, 0) is 12.2 Å². The van der Waals surface area contributed by atoms with Gasteiger partial charge in [0, 0.05) is 13.2 Å². The molecule has 1 aliphatic rings. The molecule has 1 rings (SSSR count). The summed E-state index contributed by atoms with van der Waals surface area (Å²) in [7, 11) is 1.92. The van der Waals surface area contributed by atoms with Crippen molar-refractivity contribution in [3.05, 3.63) is 36.3 Å². The molecule has 0 aromatic rings. The zero-order chi connectivity index (χ0) is 6.85. The van der Waals surface area contributed by atoms with Crippen LogP contribution in [-0.2, 0) is 0 Å². The second kappa shape index (κ2) is 1.97. The Morgan fingerprint density at radius 3 is 2.78 bits per heavy atom. The minimum Gasteiger partial charge on any atom is -0.397 e. The van der Waals surface area contributed by atoms with Crippen LogP contribution in [0, 0.1) is 0 Å². The monoisotopic (exact) mass is 122 g/mol. The van der Waals surface area contributed by atoms with Crippen LogP contribution in [0.25, 0.3) is 0 Å². The molecule has 0 spiro atoms. The lowest BCUT2D eigenvalue weighted by atomic mass is 10.2. The number of hydrogen-bond donors (Lipinski definition) is 1. The Hall–Kier alpha value is -1.18. The van der Waals surface area contributed by atoms with E-state index < -0.39 is 0 Å². The highest BCUT2D eigenvalue weighted by atomic mass is 15.1. The summed E-state index contributed by atoms with van der Waals surface area (Å²) >= 11 is 0.